The topological polar surface area (TPSA) is 55.6 Å². The molecule has 5 nitrogen and oxygen atoms in total. The Hall–Kier alpha value is -1.75. The molecule has 5 heteroatoms. The Morgan fingerprint density at radius 1 is 1.28 bits per heavy atom. The molecule has 1 fully saturated rings. The van der Waals surface area contributed by atoms with Gasteiger partial charge in [0.15, 0.2) is 0 Å². The molecule has 0 aromatic carbocycles. The van der Waals surface area contributed by atoms with Crippen molar-refractivity contribution in [2.75, 3.05) is 0 Å². The van der Waals surface area contributed by atoms with Crippen LogP contribution in [0.15, 0.2) is 18.5 Å². The van der Waals surface area contributed by atoms with Crippen molar-refractivity contribution >= 4 is 0 Å². The Bertz CT molecular complexity index is 539. The van der Waals surface area contributed by atoms with Gasteiger partial charge in [0.2, 0.25) is 0 Å². The quantitative estimate of drug-likeness (QED) is 0.884. The zero-order chi connectivity index (χ0) is 12.5. The standard InChI is InChI=1S/C13H17N5/c1-9-5-10(2)18(17-9)13-15-7-11(8-16-13)6-14-12-3-4-12/h5,7-8,12,14H,3-4,6H2,1-2H3. The van der Waals surface area contributed by atoms with E-state index < -0.39 is 0 Å². The summed E-state index contributed by atoms with van der Waals surface area (Å²) in [5.74, 6) is 0.635. The molecule has 2 aromatic heterocycles. The van der Waals surface area contributed by atoms with Crippen LogP contribution in [0.3, 0.4) is 0 Å². The van der Waals surface area contributed by atoms with Crippen LogP contribution in [0.25, 0.3) is 5.95 Å². The predicted molar refractivity (Wildman–Crippen MR) is 68.5 cm³/mol. The molecule has 2 aromatic rings. The number of hydrogen-bond acceptors (Lipinski definition) is 4. The first-order valence-electron chi connectivity index (χ1n) is 6.30. The Kier molecular flexibility index (Phi) is 2.83. The van der Waals surface area contributed by atoms with E-state index in [9.17, 15) is 0 Å². The van der Waals surface area contributed by atoms with Crippen molar-refractivity contribution in [1.82, 2.24) is 25.1 Å². The number of nitrogens with one attached hydrogen (secondary N) is 1. The molecule has 0 aliphatic heterocycles. The molecule has 0 bridgehead atoms. The van der Waals surface area contributed by atoms with Crippen LogP contribution in [0, 0.1) is 13.8 Å². The van der Waals surface area contributed by atoms with Crippen molar-refractivity contribution in [3.63, 3.8) is 0 Å². The molecule has 3 rings (SSSR count). The number of aromatic nitrogens is 4. The van der Waals surface area contributed by atoms with E-state index in [0.717, 1.165) is 23.5 Å². The van der Waals surface area contributed by atoms with Crippen LogP contribution in [0.5, 0.6) is 0 Å². The molecular weight excluding hydrogens is 226 g/mol. The summed E-state index contributed by atoms with van der Waals surface area (Å²) in [6.45, 7) is 4.82. The van der Waals surface area contributed by atoms with Crippen LogP contribution < -0.4 is 5.32 Å². The highest BCUT2D eigenvalue weighted by Crippen LogP contribution is 2.19. The Morgan fingerprint density at radius 3 is 2.56 bits per heavy atom. The minimum Gasteiger partial charge on any atom is -0.310 e. The van der Waals surface area contributed by atoms with Crippen molar-refractivity contribution in [2.45, 2.75) is 39.3 Å². The minimum atomic E-state index is 0.635. The summed E-state index contributed by atoms with van der Waals surface area (Å²) in [6, 6.07) is 2.73. The summed E-state index contributed by atoms with van der Waals surface area (Å²) < 4.78 is 1.77. The molecule has 1 saturated carbocycles. The van der Waals surface area contributed by atoms with Crippen LogP contribution in [0.2, 0.25) is 0 Å². The molecule has 0 amide bonds. The van der Waals surface area contributed by atoms with Gasteiger partial charge in [0, 0.05) is 36.2 Å². The molecule has 0 spiro atoms. The van der Waals surface area contributed by atoms with Gasteiger partial charge >= 0.3 is 0 Å². The van der Waals surface area contributed by atoms with Crippen LogP contribution in [0.1, 0.15) is 29.8 Å². The highest BCUT2D eigenvalue weighted by Gasteiger charge is 2.20. The van der Waals surface area contributed by atoms with E-state index in [1.807, 2.05) is 32.3 Å². The summed E-state index contributed by atoms with van der Waals surface area (Å²) in [4.78, 5) is 8.74. The Labute approximate surface area is 106 Å². The molecule has 1 aliphatic carbocycles. The maximum Gasteiger partial charge on any atom is 0.250 e. The van der Waals surface area contributed by atoms with Gasteiger partial charge in [-0.05, 0) is 32.8 Å². The van der Waals surface area contributed by atoms with Gasteiger partial charge in [-0.1, -0.05) is 0 Å². The van der Waals surface area contributed by atoms with Gasteiger partial charge in [-0.2, -0.15) is 5.10 Å². The van der Waals surface area contributed by atoms with Gasteiger partial charge < -0.3 is 5.32 Å². The number of aryl methyl sites for hydroxylation is 2. The van der Waals surface area contributed by atoms with Gasteiger partial charge in [-0.25, -0.2) is 14.6 Å². The van der Waals surface area contributed by atoms with Gasteiger partial charge in [-0.15, -0.1) is 0 Å². The summed E-state index contributed by atoms with van der Waals surface area (Å²) in [7, 11) is 0. The summed E-state index contributed by atoms with van der Waals surface area (Å²) in [6.07, 6.45) is 6.33. The third kappa shape index (κ3) is 2.41. The second kappa shape index (κ2) is 4.49. The van der Waals surface area contributed by atoms with E-state index in [1.54, 1.807) is 4.68 Å². The second-order valence-electron chi connectivity index (χ2n) is 4.89. The van der Waals surface area contributed by atoms with E-state index in [1.165, 1.54) is 12.8 Å². The summed E-state index contributed by atoms with van der Waals surface area (Å²) >= 11 is 0. The third-order valence-electron chi connectivity index (χ3n) is 3.06. The molecule has 1 N–H and O–H groups in total. The first-order chi connectivity index (χ1) is 8.72. The monoisotopic (exact) mass is 243 g/mol. The molecule has 1 aliphatic rings. The number of rotatable bonds is 4. The lowest BCUT2D eigenvalue weighted by Gasteiger charge is -2.04. The van der Waals surface area contributed by atoms with Gasteiger partial charge in [-0.3, -0.25) is 0 Å². The largest absolute Gasteiger partial charge is 0.310 e. The molecule has 18 heavy (non-hydrogen) atoms. The highest BCUT2D eigenvalue weighted by molar-refractivity contribution is 5.19. The molecule has 0 radical (unpaired) electrons. The zero-order valence-corrected chi connectivity index (χ0v) is 10.7. The van der Waals surface area contributed by atoms with Gasteiger partial charge in [0.25, 0.3) is 5.95 Å². The number of nitrogens with zero attached hydrogens (tertiary/aromatic N) is 4. The fourth-order valence-electron chi connectivity index (χ4n) is 1.93. The van der Waals surface area contributed by atoms with Gasteiger partial charge in [0.1, 0.15) is 0 Å². The SMILES string of the molecule is Cc1cc(C)n(-c2ncc(CNC3CC3)cn2)n1. The summed E-state index contributed by atoms with van der Waals surface area (Å²) in [5, 5.41) is 7.82. The van der Waals surface area contributed by atoms with Crippen LogP contribution in [0.4, 0.5) is 0 Å². The zero-order valence-electron chi connectivity index (χ0n) is 10.7. The Balaban J connectivity index is 1.75. The average molecular weight is 243 g/mol. The van der Waals surface area contributed by atoms with Crippen molar-refractivity contribution in [3.8, 4) is 5.95 Å². The van der Waals surface area contributed by atoms with Gasteiger partial charge in [0.05, 0.1) is 5.69 Å². The van der Waals surface area contributed by atoms with E-state index >= 15 is 0 Å². The normalized spacial score (nSPS) is 15.0. The van der Waals surface area contributed by atoms with E-state index in [-0.39, 0.29) is 0 Å². The third-order valence-corrected chi connectivity index (χ3v) is 3.06. The smallest absolute Gasteiger partial charge is 0.250 e. The first kappa shape index (κ1) is 11.3. The predicted octanol–water partition coefficient (Wildman–Crippen LogP) is 1.53. The molecule has 2 heterocycles. The lowest BCUT2D eigenvalue weighted by molar-refractivity contribution is 0.679. The number of hydrogen-bond donors (Lipinski definition) is 1. The minimum absolute atomic E-state index is 0.635. The van der Waals surface area contributed by atoms with Crippen LogP contribution in [-0.2, 0) is 6.54 Å². The Morgan fingerprint density at radius 2 is 2.00 bits per heavy atom. The molecule has 94 valence electrons. The van der Waals surface area contributed by atoms with E-state index in [4.69, 9.17) is 0 Å². The highest BCUT2D eigenvalue weighted by atomic mass is 15.3. The van der Waals surface area contributed by atoms with E-state index in [0.29, 0.717) is 12.0 Å². The lowest BCUT2D eigenvalue weighted by Crippen LogP contribution is -2.16. The fourth-order valence-corrected chi connectivity index (χ4v) is 1.93. The first-order valence-corrected chi connectivity index (χ1v) is 6.30. The maximum absolute atomic E-state index is 4.37. The lowest BCUT2D eigenvalue weighted by atomic mass is 10.3. The summed E-state index contributed by atoms with van der Waals surface area (Å²) in [5.41, 5.74) is 3.15. The average Bonchev–Trinajstić information content (AvgIpc) is 3.13. The second-order valence-corrected chi connectivity index (χ2v) is 4.89. The van der Waals surface area contributed by atoms with E-state index in [2.05, 4.69) is 20.4 Å². The van der Waals surface area contributed by atoms with Crippen molar-refractivity contribution < 1.29 is 0 Å². The van der Waals surface area contributed by atoms with Crippen molar-refractivity contribution in [3.05, 3.63) is 35.4 Å². The maximum atomic E-state index is 4.37. The van der Waals surface area contributed by atoms with Crippen LogP contribution in [-0.4, -0.2) is 25.8 Å². The molecular formula is C13H17N5. The van der Waals surface area contributed by atoms with Crippen LogP contribution >= 0.6 is 0 Å². The van der Waals surface area contributed by atoms with Crippen molar-refractivity contribution in [1.29, 1.82) is 0 Å². The fraction of sp³-hybridized carbons (Fsp3) is 0.462. The molecule has 0 unspecified atom stereocenters. The molecule has 0 atom stereocenters. The molecule has 0 saturated heterocycles. The van der Waals surface area contributed by atoms with Crippen molar-refractivity contribution in [2.24, 2.45) is 0 Å².